The summed E-state index contributed by atoms with van der Waals surface area (Å²) in [6, 6.07) is 7.57. The zero-order chi connectivity index (χ0) is 14.8. The Bertz CT molecular complexity index is 533. The molecule has 0 radical (unpaired) electrons. The summed E-state index contributed by atoms with van der Waals surface area (Å²) in [4.78, 5) is 11.8. The van der Waals surface area contributed by atoms with E-state index in [1.807, 2.05) is 38.1 Å². The minimum absolute atomic E-state index is 0.0823. The number of fused-ring (bicyclic) bond motifs is 2. The molecule has 0 aliphatic heterocycles. The molecule has 1 aromatic carbocycles. The van der Waals surface area contributed by atoms with Crippen molar-refractivity contribution in [3.8, 4) is 0 Å². The molecule has 3 nitrogen and oxygen atoms in total. The Morgan fingerprint density at radius 1 is 1.24 bits per heavy atom. The van der Waals surface area contributed by atoms with Gasteiger partial charge in [-0.3, -0.25) is 0 Å². The van der Waals surface area contributed by atoms with Crippen LogP contribution in [-0.2, 0) is 4.74 Å². The Morgan fingerprint density at radius 2 is 2.00 bits per heavy atom. The molecule has 0 saturated heterocycles. The highest BCUT2D eigenvalue weighted by molar-refractivity contribution is 5.89. The topological polar surface area (TPSA) is 38.3 Å². The maximum Gasteiger partial charge on any atom is 0.338 e. The molecule has 0 amide bonds. The summed E-state index contributed by atoms with van der Waals surface area (Å²) in [7, 11) is 0. The molecule has 2 aliphatic carbocycles. The van der Waals surface area contributed by atoms with E-state index in [1.54, 1.807) is 0 Å². The number of carbonyl (C=O) groups is 1. The number of rotatable bonds is 5. The predicted octanol–water partition coefficient (Wildman–Crippen LogP) is 3.88. The lowest BCUT2D eigenvalue weighted by molar-refractivity contribution is 0.0378. The number of hydrogen-bond acceptors (Lipinski definition) is 3. The van der Waals surface area contributed by atoms with Gasteiger partial charge in [0.2, 0.25) is 0 Å². The van der Waals surface area contributed by atoms with Gasteiger partial charge in [-0.1, -0.05) is 12.2 Å². The first-order valence-corrected chi connectivity index (χ1v) is 7.85. The second-order valence-electron chi connectivity index (χ2n) is 6.45. The lowest BCUT2D eigenvalue weighted by atomic mass is 9.93. The third-order valence-electron chi connectivity index (χ3n) is 4.45. The highest BCUT2D eigenvalue weighted by Crippen LogP contribution is 2.43. The standard InChI is InChI=1S/C18H23NO2/c1-12(2)21-18(20)14-5-7-17(8-6-14)19-11-16-10-13-3-4-15(16)9-13/h3-8,12-13,15-16,19H,9-11H2,1-2H3. The number of anilines is 1. The quantitative estimate of drug-likeness (QED) is 0.659. The van der Waals surface area contributed by atoms with Crippen molar-refractivity contribution in [1.29, 1.82) is 0 Å². The molecule has 1 saturated carbocycles. The summed E-state index contributed by atoms with van der Waals surface area (Å²) < 4.78 is 5.18. The summed E-state index contributed by atoms with van der Waals surface area (Å²) in [6.45, 7) is 4.73. The first-order valence-electron chi connectivity index (χ1n) is 7.85. The lowest BCUT2D eigenvalue weighted by Crippen LogP contribution is -2.18. The van der Waals surface area contributed by atoms with Crippen LogP contribution in [0.1, 0.15) is 37.0 Å². The molecule has 1 aromatic rings. The highest BCUT2D eigenvalue weighted by Gasteiger charge is 2.35. The number of hydrogen-bond donors (Lipinski definition) is 1. The predicted molar refractivity (Wildman–Crippen MR) is 84.3 cm³/mol. The minimum atomic E-state index is -0.255. The fourth-order valence-electron chi connectivity index (χ4n) is 3.38. The number of benzene rings is 1. The van der Waals surface area contributed by atoms with E-state index >= 15 is 0 Å². The number of esters is 1. The molecule has 2 bridgehead atoms. The van der Waals surface area contributed by atoms with Crippen molar-refractivity contribution in [2.75, 3.05) is 11.9 Å². The molecule has 1 fully saturated rings. The molecule has 3 atom stereocenters. The molecular weight excluding hydrogens is 262 g/mol. The van der Waals surface area contributed by atoms with Crippen LogP contribution in [0.3, 0.4) is 0 Å². The molecule has 3 rings (SSSR count). The SMILES string of the molecule is CC(C)OC(=O)c1ccc(NCC2CC3C=CC2C3)cc1. The van der Waals surface area contributed by atoms with Gasteiger partial charge in [0.15, 0.2) is 0 Å². The maximum atomic E-state index is 11.8. The second-order valence-corrected chi connectivity index (χ2v) is 6.45. The molecule has 0 aromatic heterocycles. The van der Waals surface area contributed by atoms with Crippen LogP contribution < -0.4 is 5.32 Å². The first-order chi connectivity index (χ1) is 10.1. The average molecular weight is 285 g/mol. The van der Waals surface area contributed by atoms with Gasteiger partial charge in [-0.15, -0.1) is 0 Å². The molecule has 1 N–H and O–H groups in total. The summed E-state index contributed by atoms with van der Waals surface area (Å²) in [5.74, 6) is 2.08. The van der Waals surface area contributed by atoms with Crippen LogP contribution in [0.25, 0.3) is 0 Å². The van der Waals surface area contributed by atoms with E-state index < -0.39 is 0 Å². The fraction of sp³-hybridized carbons (Fsp3) is 0.500. The molecule has 21 heavy (non-hydrogen) atoms. The molecule has 112 valence electrons. The van der Waals surface area contributed by atoms with Crippen molar-refractivity contribution in [3.63, 3.8) is 0 Å². The highest BCUT2D eigenvalue weighted by atomic mass is 16.5. The Morgan fingerprint density at radius 3 is 2.57 bits per heavy atom. The van der Waals surface area contributed by atoms with E-state index in [0.29, 0.717) is 5.56 Å². The van der Waals surface area contributed by atoms with E-state index in [4.69, 9.17) is 4.74 Å². The molecule has 3 heteroatoms. The van der Waals surface area contributed by atoms with Crippen LogP contribution in [-0.4, -0.2) is 18.6 Å². The minimum Gasteiger partial charge on any atom is -0.459 e. The van der Waals surface area contributed by atoms with Crippen LogP contribution in [0.4, 0.5) is 5.69 Å². The Balaban J connectivity index is 1.53. The zero-order valence-electron chi connectivity index (χ0n) is 12.7. The summed E-state index contributed by atoms with van der Waals surface area (Å²) in [5.41, 5.74) is 1.68. The lowest BCUT2D eigenvalue weighted by Gasteiger charge is -2.19. The van der Waals surface area contributed by atoms with Crippen molar-refractivity contribution in [2.24, 2.45) is 17.8 Å². The third-order valence-corrected chi connectivity index (χ3v) is 4.45. The summed E-state index contributed by atoms with van der Waals surface area (Å²) >= 11 is 0. The van der Waals surface area contributed by atoms with Gasteiger partial charge in [0.25, 0.3) is 0 Å². The maximum absolute atomic E-state index is 11.8. The van der Waals surface area contributed by atoms with E-state index in [1.165, 1.54) is 12.8 Å². The van der Waals surface area contributed by atoms with Crippen LogP contribution >= 0.6 is 0 Å². The van der Waals surface area contributed by atoms with E-state index in [9.17, 15) is 4.79 Å². The Hall–Kier alpha value is -1.77. The summed E-state index contributed by atoms with van der Waals surface area (Å²) in [6.07, 6.45) is 7.32. The van der Waals surface area contributed by atoms with Gasteiger partial charge in [-0.05, 0) is 68.7 Å². The van der Waals surface area contributed by atoms with Crippen molar-refractivity contribution in [3.05, 3.63) is 42.0 Å². The molecular formula is C18H23NO2. The average Bonchev–Trinajstić information content (AvgIpc) is 3.07. The zero-order valence-corrected chi connectivity index (χ0v) is 12.7. The van der Waals surface area contributed by atoms with Gasteiger partial charge in [-0.2, -0.15) is 0 Å². The van der Waals surface area contributed by atoms with Gasteiger partial charge < -0.3 is 10.1 Å². The second kappa shape index (κ2) is 5.92. The number of ether oxygens (including phenoxy) is 1. The molecule has 3 unspecified atom stereocenters. The van der Waals surface area contributed by atoms with Gasteiger partial charge >= 0.3 is 5.97 Å². The van der Waals surface area contributed by atoms with Crippen LogP contribution in [0.2, 0.25) is 0 Å². The Labute approximate surface area is 126 Å². The van der Waals surface area contributed by atoms with Crippen LogP contribution in [0.5, 0.6) is 0 Å². The van der Waals surface area contributed by atoms with Gasteiger partial charge in [-0.25, -0.2) is 4.79 Å². The van der Waals surface area contributed by atoms with Crippen LogP contribution in [0.15, 0.2) is 36.4 Å². The molecule has 0 heterocycles. The Kier molecular flexibility index (Phi) is 4.00. The van der Waals surface area contributed by atoms with Gasteiger partial charge in [0, 0.05) is 12.2 Å². The number of allylic oxidation sites excluding steroid dienone is 2. The van der Waals surface area contributed by atoms with Gasteiger partial charge in [0.05, 0.1) is 11.7 Å². The van der Waals surface area contributed by atoms with Gasteiger partial charge in [0.1, 0.15) is 0 Å². The monoisotopic (exact) mass is 285 g/mol. The van der Waals surface area contributed by atoms with Crippen LogP contribution in [0, 0.1) is 17.8 Å². The van der Waals surface area contributed by atoms with Crippen molar-refractivity contribution in [1.82, 2.24) is 0 Å². The van der Waals surface area contributed by atoms with Crippen molar-refractivity contribution >= 4 is 11.7 Å². The fourth-order valence-corrected chi connectivity index (χ4v) is 3.38. The van der Waals surface area contributed by atoms with Crippen molar-refractivity contribution < 1.29 is 9.53 Å². The van der Waals surface area contributed by atoms with E-state index in [-0.39, 0.29) is 12.1 Å². The van der Waals surface area contributed by atoms with Crippen molar-refractivity contribution in [2.45, 2.75) is 32.8 Å². The smallest absolute Gasteiger partial charge is 0.338 e. The molecule has 0 spiro atoms. The summed E-state index contributed by atoms with van der Waals surface area (Å²) in [5, 5.41) is 3.49. The number of carbonyl (C=O) groups excluding carboxylic acids is 1. The van der Waals surface area contributed by atoms with E-state index in [0.717, 1.165) is 30.0 Å². The largest absolute Gasteiger partial charge is 0.459 e. The molecule has 2 aliphatic rings. The first kappa shape index (κ1) is 14.2. The third kappa shape index (κ3) is 3.29. The van der Waals surface area contributed by atoms with E-state index in [2.05, 4.69) is 17.5 Å². The number of nitrogens with one attached hydrogen (secondary N) is 1. The normalized spacial score (nSPS) is 26.3.